The number of hydrogen-bond acceptors (Lipinski definition) is 5. The molecule has 0 saturated carbocycles. The smallest absolute Gasteiger partial charge is 0.417 e. The number of halogens is 4. The van der Waals surface area contributed by atoms with E-state index in [1.54, 1.807) is 30.1 Å². The minimum absolute atomic E-state index is 0.0425. The summed E-state index contributed by atoms with van der Waals surface area (Å²) in [4.78, 5) is 26.7. The topological polar surface area (TPSA) is 64.4 Å². The van der Waals surface area contributed by atoms with Crippen LogP contribution in [-0.4, -0.2) is 28.0 Å². The number of benzene rings is 3. The molecule has 3 aromatic carbocycles. The molecule has 5 rings (SSSR count). The standard InChI is InChI=1S/C27H17ClF3N3O3S/c1-37-20-10-7-16(8-11-20)24-17(15-33(32-24)18-5-3-2-4-6-18)13-23-25(35)34(26(36)38-23)19-9-12-22(28)21(14-19)27(29,30)31/h2-15H,1H3/b23-13-. The lowest BCUT2D eigenvalue weighted by atomic mass is 10.1. The largest absolute Gasteiger partial charge is 0.497 e. The van der Waals surface area contributed by atoms with E-state index >= 15 is 0 Å². The number of thioether (sulfide) groups is 1. The molecule has 11 heteroatoms. The van der Waals surface area contributed by atoms with Crippen molar-refractivity contribution in [3.8, 4) is 22.7 Å². The van der Waals surface area contributed by atoms with Gasteiger partial charge in [0.15, 0.2) is 0 Å². The Morgan fingerprint density at radius 3 is 2.34 bits per heavy atom. The van der Waals surface area contributed by atoms with Gasteiger partial charge in [-0.05, 0) is 72.4 Å². The highest BCUT2D eigenvalue weighted by molar-refractivity contribution is 8.19. The Balaban J connectivity index is 1.56. The van der Waals surface area contributed by atoms with Crippen LogP contribution in [0.25, 0.3) is 23.0 Å². The first-order valence-electron chi connectivity index (χ1n) is 11.1. The number of carbonyl (C=O) groups excluding carboxylic acids is 2. The summed E-state index contributed by atoms with van der Waals surface area (Å²) >= 11 is 6.33. The van der Waals surface area contributed by atoms with E-state index in [1.807, 2.05) is 42.5 Å². The summed E-state index contributed by atoms with van der Waals surface area (Å²) in [6.07, 6.45) is -1.52. The van der Waals surface area contributed by atoms with Crippen molar-refractivity contribution in [2.45, 2.75) is 6.18 Å². The maximum absolute atomic E-state index is 13.4. The van der Waals surface area contributed by atoms with Crippen LogP contribution in [0.1, 0.15) is 11.1 Å². The fourth-order valence-corrected chi connectivity index (χ4v) is 4.94. The maximum Gasteiger partial charge on any atom is 0.417 e. The molecule has 1 aliphatic heterocycles. The molecular weight excluding hydrogens is 539 g/mol. The van der Waals surface area contributed by atoms with E-state index in [0.29, 0.717) is 39.7 Å². The van der Waals surface area contributed by atoms with Crippen molar-refractivity contribution in [3.63, 3.8) is 0 Å². The number of amides is 2. The zero-order valence-electron chi connectivity index (χ0n) is 19.6. The molecule has 0 spiro atoms. The van der Waals surface area contributed by atoms with E-state index in [-0.39, 0.29) is 10.6 Å². The lowest BCUT2D eigenvalue weighted by molar-refractivity contribution is -0.137. The van der Waals surface area contributed by atoms with Gasteiger partial charge in [0.25, 0.3) is 11.1 Å². The normalized spacial score (nSPS) is 15.0. The number of methoxy groups -OCH3 is 1. The van der Waals surface area contributed by atoms with Crippen molar-refractivity contribution >= 4 is 46.3 Å². The van der Waals surface area contributed by atoms with Gasteiger partial charge in [-0.15, -0.1) is 0 Å². The van der Waals surface area contributed by atoms with Gasteiger partial charge >= 0.3 is 6.18 Å². The van der Waals surface area contributed by atoms with Gasteiger partial charge in [0.2, 0.25) is 0 Å². The number of alkyl halides is 3. The van der Waals surface area contributed by atoms with Crippen molar-refractivity contribution < 1.29 is 27.5 Å². The van der Waals surface area contributed by atoms with Crippen LogP contribution in [0.3, 0.4) is 0 Å². The SMILES string of the molecule is COc1ccc(-c2nn(-c3ccccc3)cc2/C=C2\SC(=O)N(c3ccc(Cl)c(C(F)(F)F)c3)C2=O)cc1. The Kier molecular flexibility index (Phi) is 6.77. The molecule has 2 heterocycles. The minimum Gasteiger partial charge on any atom is -0.497 e. The summed E-state index contributed by atoms with van der Waals surface area (Å²) in [6.45, 7) is 0. The average molecular weight is 556 g/mol. The van der Waals surface area contributed by atoms with Crippen molar-refractivity contribution in [3.05, 3.63) is 100 Å². The van der Waals surface area contributed by atoms with Gasteiger partial charge in [0.05, 0.1) is 39.7 Å². The molecule has 6 nitrogen and oxygen atoms in total. The zero-order valence-corrected chi connectivity index (χ0v) is 21.1. The first-order valence-corrected chi connectivity index (χ1v) is 12.3. The van der Waals surface area contributed by atoms with E-state index in [2.05, 4.69) is 0 Å². The number of carbonyl (C=O) groups is 2. The number of imide groups is 1. The summed E-state index contributed by atoms with van der Waals surface area (Å²) in [7, 11) is 1.55. The molecule has 192 valence electrons. The van der Waals surface area contributed by atoms with Crippen LogP contribution >= 0.6 is 23.4 Å². The number of hydrogen-bond donors (Lipinski definition) is 0. The van der Waals surface area contributed by atoms with Crippen molar-refractivity contribution in [1.29, 1.82) is 0 Å². The van der Waals surface area contributed by atoms with Crippen molar-refractivity contribution in [2.24, 2.45) is 0 Å². The lowest BCUT2D eigenvalue weighted by Crippen LogP contribution is -2.28. The molecule has 0 atom stereocenters. The van der Waals surface area contributed by atoms with Crippen molar-refractivity contribution in [2.75, 3.05) is 12.0 Å². The summed E-state index contributed by atoms with van der Waals surface area (Å²) in [5.41, 5.74) is 1.23. The summed E-state index contributed by atoms with van der Waals surface area (Å²) in [5.74, 6) is -0.0938. The van der Waals surface area contributed by atoms with Gasteiger partial charge in [0.1, 0.15) is 5.75 Å². The van der Waals surface area contributed by atoms with Gasteiger partial charge in [-0.25, -0.2) is 9.58 Å². The summed E-state index contributed by atoms with van der Waals surface area (Å²) in [6, 6.07) is 19.4. The molecule has 0 N–H and O–H groups in total. The second kappa shape index (κ2) is 10.0. The van der Waals surface area contributed by atoms with E-state index in [0.717, 1.165) is 17.3 Å². The minimum atomic E-state index is -4.75. The van der Waals surface area contributed by atoms with Gasteiger partial charge in [0, 0.05) is 17.3 Å². The second-order valence-corrected chi connectivity index (χ2v) is 9.52. The quantitative estimate of drug-likeness (QED) is 0.239. The Morgan fingerprint density at radius 2 is 1.68 bits per heavy atom. The van der Waals surface area contributed by atoms with Crippen LogP contribution in [0.4, 0.5) is 23.7 Å². The highest BCUT2D eigenvalue weighted by Gasteiger charge is 2.39. The molecule has 1 aromatic heterocycles. The zero-order chi connectivity index (χ0) is 27.0. The summed E-state index contributed by atoms with van der Waals surface area (Å²) < 4.78 is 47.0. The first kappa shape index (κ1) is 25.6. The number of aromatic nitrogens is 2. The fourth-order valence-electron chi connectivity index (χ4n) is 3.88. The molecule has 1 fully saturated rings. The Hall–Kier alpha value is -4.02. The predicted molar refractivity (Wildman–Crippen MR) is 140 cm³/mol. The Bertz CT molecular complexity index is 1570. The lowest BCUT2D eigenvalue weighted by Gasteiger charge is -2.16. The first-order chi connectivity index (χ1) is 18.2. The monoisotopic (exact) mass is 555 g/mol. The molecule has 0 radical (unpaired) electrons. The van der Waals surface area contributed by atoms with Gasteiger partial charge in [-0.1, -0.05) is 29.8 Å². The van der Waals surface area contributed by atoms with E-state index in [4.69, 9.17) is 21.4 Å². The molecule has 0 unspecified atom stereocenters. The molecule has 1 saturated heterocycles. The maximum atomic E-state index is 13.4. The molecule has 1 aliphatic rings. The van der Waals surface area contributed by atoms with Gasteiger partial charge in [-0.2, -0.15) is 18.3 Å². The number of nitrogens with zero attached hydrogens (tertiary/aromatic N) is 3. The van der Waals surface area contributed by atoms with Gasteiger partial charge in [-0.3, -0.25) is 9.59 Å². The molecule has 2 amide bonds. The third-order valence-electron chi connectivity index (χ3n) is 5.72. The van der Waals surface area contributed by atoms with Gasteiger partial charge < -0.3 is 4.74 Å². The van der Waals surface area contributed by atoms with Crippen LogP contribution in [0.5, 0.6) is 5.75 Å². The highest BCUT2D eigenvalue weighted by atomic mass is 35.5. The molecule has 4 aromatic rings. The van der Waals surface area contributed by atoms with Crippen LogP contribution in [0.15, 0.2) is 83.9 Å². The number of ether oxygens (including phenoxy) is 1. The van der Waals surface area contributed by atoms with Crippen molar-refractivity contribution in [1.82, 2.24) is 9.78 Å². The Labute approximate surface area is 224 Å². The van der Waals surface area contributed by atoms with Crippen LogP contribution in [0.2, 0.25) is 5.02 Å². The molecule has 0 aliphatic carbocycles. The molecule has 38 heavy (non-hydrogen) atoms. The predicted octanol–water partition coefficient (Wildman–Crippen LogP) is 7.46. The van der Waals surface area contributed by atoms with Crippen LogP contribution in [-0.2, 0) is 11.0 Å². The van der Waals surface area contributed by atoms with E-state index in [9.17, 15) is 22.8 Å². The van der Waals surface area contributed by atoms with Crippen LogP contribution in [0, 0.1) is 0 Å². The molecule has 0 bridgehead atoms. The third kappa shape index (κ3) is 4.92. The number of rotatable bonds is 5. The number of para-hydroxylation sites is 1. The highest BCUT2D eigenvalue weighted by Crippen LogP contribution is 2.41. The number of anilines is 1. The fraction of sp³-hybridized carbons (Fsp3) is 0.0741. The van der Waals surface area contributed by atoms with E-state index in [1.165, 1.54) is 12.1 Å². The van der Waals surface area contributed by atoms with Crippen LogP contribution < -0.4 is 9.64 Å². The summed E-state index contributed by atoms with van der Waals surface area (Å²) in [5, 5.41) is 3.44. The Morgan fingerprint density at radius 1 is 0.974 bits per heavy atom. The average Bonchev–Trinajstić information content (AvgIpc) is 3.44. The second-order valence-electron chi connectivity index (χ2n) is 8.12. The van der Waals surface area contributed by atoms with E-state index < -0.39 is 27.9 Å². The third-order valence-corrected chi connectivity index (χ3v) is 6.92. The molecular formula is C27H17ClF3N3O3S.